The number of hydrogen-bond donors (Lipinski definition) is 0. The molecule has 4 rings (SSSR count). The second-order valence-corrected chi connectivity index (χ2v) is 9.58. The summed E-state index contributed by atoms with van der Waals surface area (Å²) in [4.78, 5) is 30.1. The predicted molar refractivity (Wildman–Crippen MR) is 149 cm³/mol. The van der Waals surface area contributed by atoms with E-state index in [2.05, 4.69) is 4.90 Å². The Morgan fingerprint density at radius 1 is 0.950 bits per heavy atom. The lowest BCUT2D eigenvalue weighted by molar-refractivity contribution is -0.140. The minimum atomic E-state index is -0.415. The highest BCUT2D eigenvalue weighted by Gasteiger charge is 2.35. The number of rotatable bonds is 11. The van der Waals surface area contributed by atoms with Crippen LogP contribution in [0.3, 0.4) is 0 Å². The van der Waals surface area contributed by atoms with Crippen molar-refractivity contribution >= 4 is 17.5 Å². The summed E-state index contributed by atoms with van der Waals surface area (Å²) in [5.74, 6) is 1.95. The maximum Gasteiger partial charge on any atom is 0.262 e. The number of carbonyl (C=O) groups is 2. The van der Waals surface area contributed by atoms with E-state index in [1.54, 1.807) is 39.4 Å². The molecule has 1 fully saturated rings. The zero-order valence-corrected chi connectivity index (χ0v) is 23.8. The van der Waals surface area contributed by atoms with Gasteiger partial charge in [-0.1, -0.05) is 6.07 Å². The van der Waals surface area contributed by atoms with Crippen LogP contribution in [0.4, 0.5) is 0 Å². The normalized spacial score (nSPS) is 17.3. The average Bonchev–Trinajstić information content (AvgIpc) is 3.44. The first kappa shape index (κ1) is 29.2. The lowest BCUT2D eigenvalue weighted by Crippen LogP contribution is -2.45. The number of benzene rings is 2. The molecule has 2 amide bonds. The number of ether oxygens (including phenoxy) is 5. The molecule has 1 atom stereocenters. The molecule has 0 aliphatic carbocycles. The molecule has 2 aliphatic heterocycles. The third kappa shape index (κ3) is 6.65. The van der Waals surface area contributed by atoms with Crippen LogP contribution in [-0.2, 0) is 14.3 Å². The Morgan fingerprint density at radius 2 is 1.68 bits per heavy atom. The average molecular weight is 555 g/mol. The molecule has 1 saturated heterocycles. The monoisotopic (exact) mass is 554 g/mol. The molecule has 0 saturated carbocycles. The molecule has 0 N–H and O–H groups in total. The second kappa shape index (κ2) is 13.5. The predicted octanol–water partition coefficient (Wildman–Crippen LogP) is 2.58. The smallest absolute Gasteiger partial charge is 0.262 e. The van der Waals surface area contributed by atoms with Gasteiger partial charge in [-0.15, -0.1) is 0 Å². The minimum absolute atomic E-state index is 0.0833. The zero-order chi connectivity index (χ0) is 28.6. The Labute approximate surface area is 235 Å². The van der Waals surface area contributed by atoms with E-state index in [1.165, 1.54) is 11.9 Å². The molecule has 2 aromatic rings. The van der Waals surface area contributed by atoms with Gasteiger partial charge in [0.1, 0.15) is 18.0 Å². The summed E-state index contributed by atoms with van der Waals surface area (Å²) in [7, 11) is 6.33. The van der Waals surface area contributed by atoms with Crippen molar-refractivity contribution in [2.24, 2.45) is 5.10 Å². The van der Waals surface area contributed by atoms with Gasteiger partial charge in [0.25, 0.3) is 5.91 Å². The first-order chi connectivity index (χ1) is 19.4. The number of amides is 2. The van der Waals surface area contributed by atoms with E-state index in [1.807, 2.05) is 30.3 Å². The molecule has 11 heteroatoms. The number of nitrogens with zero attached hydrogens (tertiary/aromatic N) is 4. The molecular weight excluding hydrogens is 516 g/mol. The zero-order valence-electron chi connectivity index (χ0n) is 23.8. The van der Waals surface area contributed by atoms with E-state index >= 15 is 0 Å². The molecule has 216 valence electrons. The molecule has 40 heavy (non-hydrogen) atoms. The van der Waals surface area contributed by atoms with E-state index in [0.717, 1.165) is 24.2 Å². The highest BCUT2D eigenvalue weighted by Crippen LogP contribution is 2.39. The van der Waals surface area contributed by atoms with Crippen LogP contribution in [-0.4, -0.2) is 107 Å². The quantitative estimate of drug-likeness (QED) is 0.418. The van der Waals surface area contributed by atoms with Gasteiger partial charge in [0, 0.05) is 51.2 Å². The standard InChI is InChI=1S/C29H38N4O7/c1-20(34)32(11-10-31-12-14-40-15-13-31)19-29(35)33-25(21-6-9-26(37-3)28(16-21)39-5)18-24(30-33)23-8-7-22(36-2)17-27(23)38-4/h6-9,16-17,25H,10-15,18-19H2,1-5H3/t25-/m1/s1. The second-order valence-electron chi connectivity index (χ2n) is 9.58. The maximum atomic E-state index is 13.8. The van der Waals surface area contributed by atoms with Crippen LogP contribution in [0.15, 0.2) is 41.5 Å². The number of methoxy groups -OCH3 is 4. The minimum Gasteiger partial charge on any atom is -0.497 e. The number of hydrogen-bond acceptors (Lipinski definition) is 9. The third-order valence-corrected chi connectivity index (χ3v) is 7.24. The Hall–Kier alpha value is -3.83. The first-order valence-electron chi connectivity index (χ1n) is 13.3. The SMILES string of the molecule is COc1ccc(C2=NN(C(=O)CN(CCN3CCOCC3)C(C)=O)[C@@H](c3ccc(OC)c(OC)c3)C2)c(OC)c1. The van der Waals surface area contributed by atoms with Crippen LogP contribution in [0.5, 0.6) is 23.0 Å². The van der Waals surface area contributed by atoms with Gasteiger partial charge in [0.15, 0.2) is 11.5 Å². The largest absolute Gasteiger partial charge is 0.497 e. The van der Waals surface area contributed by atoms with Gasteiger partial charge < -0.3 is 28.6 Å². The van der Waals surface area contributed by atoms with Gasteiger partial charge in [-0.25, -0.2) is 5.01 Å². The molecule has 2 aliphatic rings. The van der Waals surface area contributed by atoms with Crippen molar-refractivity contribution in [2.75, 3.05) is 74.4 Å². The summed E-state index contributed by atoms with van der Waals surface area (Å²) in [6, 6.07) is 10.7. The van der Waals surface area contributed by atoms with E-state index in [0.29, 0.717) is 61.4 Å². The van der Waals surface area contributed by atoms with Crippen molar-refractivity contribution < 1.29 is 33.3 Å². The van der Waals surface area contributed by atoms with Gasteiger partial charge >= 0.3 is 0 Å². The van der Waals surface area contributed by atoms with Gasteiger partial charge in [0.2, 0.25) is 5.91 Å². The van der Waals surface area contributed by atoms with E-state index in [4.69, 9.17) is 28.8 Å². The Balaban J connectivity index is 1.63. The van der Waals surface area contributed by atoms with Crippen LogP contribution < -0.4 is 18.9 Å². The maximum absolute atomic E-state index is 13.8. The first-order valence-corrected chi connectivity index (χ1v) is 13.3. The lowest BCUT2D eigenvalue weighted by Gasteiger charge is -2.30. The molecule has 0 aromatic heterocycles. The third-order valence-electron chi connectivity index (χ3n) is 7.24. The van der Waals surface area contributed by atoms with Crippen LogP contribution in [0.25, 0.3) is 0 Å². The summed E-state index contributed by atoms with van der Waals surface area (Å²) >= 11 is 0. The lowest BCUT2D eigenvalue weighted by atomic mass is 9.97. The molecular formula is C29H38N4O7. The molecule has 0 spiro atoms. The van der Waals surface area contributed by atoms with Gasteiger partial charge in [0.05, 0.1) is 53.4 Å². The number of hydrazone groups is 1. The molecule has 2 aromatic carbocycles. The van der Waals surface area contributed by atoms with Crippen molar-refractivity contribution in [1.82, 2.24) is 14.8 Å². The Bertz CT molecular complexity index is 1230. The van der Waals surface area contributed by atoms with Crippen LogP contribution in [0.2, 0.25) is 0 Å². The van der Waals surface area contributed by atoms with Gasteiger partial charge in [-0.3, -0.25) is 14.5 Å². The molecule has 0 bridgehead atoms. The van der Waals surface area contributed by atoms with E-state index in [9.17, 15) is 9.59 Å². The fraction of sp³-hybridized carbons (Fsp3) is 0.483. The van der Waals surface area contributed by atoms with Crippen LogP contribution in [0, 0.1) is 0 Å². The van der Waals surface area contributed by atoms with Crippen molar-refractivity contribution in [3.8, 4) is 23.0 Å². The van der Waals surface area contributed by atoms with Crippen molar-refractivity contribution in [3.63, 3.8) is 0 Å². The van der Waals surface area contributed by atoms with E-state index in [-0.39, 0.29) is 18.4 Å². The summed E-state index contributed by atoms with van der Waals surface area (Å²) in [5, 5.41) is 6.26. The van der Waals surface area contributed by atoms with Gasteiger partial charge in [-0.05, 0) is 29.8 Å². The number of morpholine rings is 1. The molecule has 0 radical (unpaired) electrons. The summed E-state index contributed by atoms with van der Waals surface area (Å²) in [6.45, 7) is 5.48. The number of carbonyl (C=O) groups excluding carboxylic acids is 2. The van der Waals surface area contributed by atoms with Crippen LogP contribution in [0.1, 0.15) is 30.5 Å². The molecule has 0 unspecified atom stereocenters. The fourth-order valence-electron chi connectivity index (χ4n) is 4.93. The van der Waals surface area contributed by atoms with Crippen molar-refractivity contribution in [1.29, 1.82) is 0 Å². The summed E-state index contributed by atoms with van der Waals surface area (Å²) < 4.78 is 27.3. The molecule has 2 heterocycles. The van der Waals surface area contributed by atoms with Crippen molar-refractivity contribution in [2.45, 2.75) is 19.4 Å². The van der Waals surface area contributed by atoms with Crippen LogP contribution >= 0.6 is 0 Å². The Kier molecular flexibility index (Phi) is 9.84. The summed E-state index contributed by atoms with van der Waals surface area (Å²) in [5.41, 5.74) is 2.29. The fourth-order valence-corrected chi connectivity index (χ4v) is 4.93. The molecule has 11 nitrogen and oxygen atoms in total. The van der Waals surface area contributed by atoms with Crippen molar-refractivity contribution in [3.05, 3.63) is 47.5 Å². The highest BCUT2D eigenvalue weighted by molar-refractivity contribution is 6.05. The summed E-state index contributed by atoms with van der Waals surface area (Å²) in [6.07, 6.45) is 0.442. The van der Waals surface area contributed by atoms with Gasteiger partial charge in [-0.2, -0.15) is 5.10 Å². The highest BCUT2D eigenvalue weighted by atomic mass is 16.5. The Morgan fingerprint density at radius 3 is 2.33 bits per heavy atom. The van der Waals surface area contributed by atoms with E-state index < -0.39 is 6.04 Å². The topological polar surface area (TPSA) is 102 Å².